The molecule has 1 aromatic rings. The van der Waals surface area contributed by atoms with Gasteiger partial charge in [0.2, 0.25) is 0 Å². The summed E-state index contributed by atoms with van der Waals surface area (Å²) in [6.45, 7) is 3.08. The predicted molar refractivity (Wildman–Crippen MR) is 94.0 cm³/mol. The van der Waals surface area contributed by atoms with Gasteiger partial charge < -0.3 is 10.1 Å². The number of hydrogen-bond donors (Lipinski definition) is 1. The largest absolute Gasteiger partial charge is 0.374 e. The van der Waals surface area contributed by atoms with E-state index in [0.717, 1.165) is 13.0 Å². The molecule has 0 saturated carbocycles. The second-order valence-corrected chi connectivity index (χ2v) is 8.44. The summed E-state index contributed by atoms with van der Waals surface area (Å²) in [6.07, 6.45) is 3.57. The van der Waals surface area contributed by atoms with E-state index in [1.807, 2.05) is 11.8 Å². The standard InChI is InChI=1S/C17H24BrNOS/c1-12-7-14(9-15(18)8-12)16(19-2)13-3-5-20-17(10-13)4-6-21-11-17/h7-9,13,16,19H,3-6,10-11H2,1-2H3. The molecular weight excluding hydrogens is 346 g/mol. The van der Waals surface area contributed by atoms with E-state index in [4.69, 9.17) is 4.74 Å². The Morgan fingerprint density at radius 2 is 2.29 bits per heavy atom. The SMILES string of the molecule is CNC(c1cc(C)cc(Br)c1)C1CCOC2(CCSC2)C1. The van der Waals surface area contributed by atoms with Gasteiger partial charge >= 0.3 is 0 Å². The van der Waals surface area contributed by atoms with Gasteiger partial charge in [0.1, 0.15) is 0 Å². The molecule has 0 amide bonds. The van der Waals surface area contributed by atoms with Gasteiger partial charge in [-0.2, -0.15) is 11.8 Å². The second-order valence-electron chi connectivity index (χ2n) is 6.42. The zero-order chi connectivity index (χ0) is 14.9. The lowest BCUT2D eigenvalue weighted by Gasteiger charge is -2.41. The Kier molecular flexibility index (Phi) is 4.99. The summed E-state index contributed by atoms with van der Waals surface area (Å²) in [5.41, 5.74) is 2.87. The molecule has 0 aromatic heterocycles. The van der Waals surface area contributed by atoms with E-state index in [0.29, 0.717) is 12.0 Å². The molecule has 21 heavy (non-hydrogen) atoms. The fraction of sp³-hybridized carbons (Fsp3) is 0.647. The summed E-state index contributed by atoms with van der Waals surface area (Å²) in [5.74, 6) is 3.10. The first-order valence-electron chi connectivity index (χ1n) is 7.78. The van der Waals surface area contributed by atoms with Gasteiger partial charge in [0.15, 0.2) is 0 Å². The molecule has 3 unspecified atom stereocenters. The Hall–Kier alpha value is -0.0300. The van der Waals surface area contributed by atoms with E-state index in [1.54, 1.807) is 0 Å². The van der Waals surface area contributed by atoms with Gasteiger partial charge in [-0.25, -0.2) is 0 Å². The van der Waals surface area contributed by atoms with Crippen molar-refractivity contribution in [3.05, 3.63) is 33.8 Å². The highest BCUT2D eigenvalue weighted by molar-refractivity contribution is 9.10. The molecule has 0 aliphatic carbocycles. The molecule has 2 aliphatic heterocycles. The van der Waals surface area contributed by atoms with Crippen molar-refractivity contribution in [3.63, 3.8) is 0 Å². The van der Waals surface area contributed by atoms with Crippen LogP contribution >= 0.6 is 27.7 Å². The Labute approximate surface area is 140 Å². The number of thioether (sulfide) groups is 1. The normalized spacial score (nSPS) is 30.7. The van der Waals surface area contributed by atoms with Crippen molar-refractivity contribution in [2.75, 3.05) is 25.2 Å². The van der Waals surface area contributed by atoms with Gasteiger partial charge in [0.25, 0.3) is 0 Å². The van der Waals surface area contributed by atoms with E-state index in [-0.39, 0.29) is 5.60 Å². The Morgan fingerprint density at radius 1 is 1.43 bits per heavy atom. The summed E-state index contributed by atoms with van der Waals surface area (Å²) in [5, 5.41) is 3.57. The number of nitrogens with one attached hydrogen (secondary N) is 1. The van der Waals surface area contributed by atoms with Gasteiger partial charge in [-0.1, -0.05) is 22.0 Å². The minimum absolute atomic E-state index is 0.156. The van der Waals surface area contributed by atoms with Gasteiger partial charge in [-0.15, -0.1) is 0 Å². The van der Waals surface area contributed by atoms with Crippen LogP contribution in [0.2, 0.25) is 0 Å². The Morgan fingerprint density at radius 3 is 2.95 bits per heavy atom. The average Bonchev–Trinajstić information content (AvgIpc) is 2.86. The second kappa shape index (κ2) is 6.61. The number of rotatable bonds is 3. The first kappa shape index (κ1) is 15.9. The average molecular weight is 370 g/mol. The van der Waals surface area contributed by atoms with Crippen LogP contribution in [0.4, 0.5) is 0 Å². The van der Waals surface area contributed by atoms with Crippen molar-refractivity contribution < 1.29 is 4.74 Å². The fourth-order valence-electron chi connectivity index (χ4n) is 3.83. The van der Waals surface area contributed by atoms with Crippen LogP contribution in [-0.4, -0.2) is 30.8 Å². The summed E-state index contributed by atoms with van der Waals surface area (Å²) in [6, 6.07) is 7.18. The summed E-state index contributed by atoms with van der Waals surface area (Å²) < 4.78 is 7.35. The molecule has 1 N–H and O–H groups in total. The number of hydrogen-bond acceptors (Lipinski definition) is 3. The molecular formula is C17H24BrNOS. The lowest BCUT2D eigenvalue weighted by molar-refractivity contribution is -0.0850. The molecule has 0 radical (unpaired) electrons. The third-order valence-corrected chi connectivity index (χ3v) is 6.49. The van der Waals surface area contributed by atoms with Gasteiger partial charge in [0.05, 0.1) is 5.60 Å². The molecule has 4 heteroatoms. The maximum absolute atomic E-state index is 6.18. The molecule has 2 aliphatic rings. The summed E-state index contributed by atoms with van der Waals surface area (Å²) in [7, 11) is 2.09. The predicted octanol–water partition coefficient (Wildman–Crippen LogP) is 4.32. The topological polar surface area (TPSA) is 21.3 Å². The number of aryl methyl sites for hydroxylation is 1. The van der Waals surface area contributed by atoms with Crippen molar-refractivity contribution in [1.82, 2.24) is 5.32 Å². The van der Waals surface area contributed by atoms with E-state index in [1.165, 1.54) is 39.9 Å². The van der Waals surface area contributed by atoms with Crippen LogP contribution in [-0.2, 0) is 4.74 Å². The maximum Gasteiger partial charge on any atom is 0.0783 e. The highest BCUT2D eigenvalue weighted by Gasteiger charge is 2.42. The van der Waals surface area contributed by atoms with Crippen molar-refractivity contribution in [2.24, 2.45) is 5.92 Å². The molecule has 2 fully saturated rings. The minimum atomic E-state index is 0.156. The van der Waals surface area contributed by atoms with Crippen molar-refractivity contribution >= 4 is 27.7 Å². The summed E-state index contributed by atoms with van der Waals surface area (Å²) >= 11 is 5.69. The molecule has 0 bridgehead atoms. The van der Waals surface area contributed by atoms with Gasteiger partial charge in [-0.3, -0.25) is 0 Å². The third-order valence-electron chi connectivity index (χ3n) is 4.80. The molecule has 3 rings (SSSR count). The van der Waals surface area contributed by atoms with E-state index < -0.39 is 0 Å². The van der Waals surface area contributed by atoms with Crippen LogP contribution in [0.3, 0.4) is 0 Å². The van der Waals surface area contributed by atoms with Gasteiger partial charge in [-0.05, 0) is 68.2 Å². The van der Waals surface area contributed by atoms with Gasteiger partial charge in [0, 0.05) is 22.9 Å². The first-order chi connectivity index (χ1) is 10.1. The molecule has 116 valence electrons. The molecule has 2 nitrogen and oxygen atoms in total. The molecule has 2 heterocycles. The molecule has 1 aromatic carbocycles. The lowest BCUT2D eigenvalue weighted by atomic mass is 9.79. The zero-order valence-corrected chi connectivity index (χ0v) is 15.2. The lowest BCUT2D eigenvalue weighted by Crippen LogP contribution is -2.43. The minimum Gasteiger partial charge on any atom is -0.374 e. The fourth-order valence-corrected chi connectivity index (χ4v) is 5.84. The van der Waals surface area contributed by atoms with Crippen molar-refractivity contribution in [1.29, 1.82) is 0 Å². The summed E-state index contributed by atoms with van der Waals surface area (Å²) in [4.78, 5) is 0. The monoisotopic (exact) mass is 369 g/mol. The van der Waals surface area contributed by atoms with Crippen LogP contribution in [0.15, 0.2) is 22.7 Å². The number of benzene rings is 1. The van der Waals surface area contributed by atoms with Crippen LogP contribution in [0.5, 0.6) is 0 Å². The Bertz CT molecular complexity index is 481. The number of halogens is 1. The zero-order valence-electron chi connectivity index (χ0n) is 12.8. The molecule has 1 spiro atoms. The Balaban J connectivity index is 1.82. The van der Waals surface area contributed by atoms with E-state index in [9.17, 15) is 0 Å². The highest BCUT2D eigenvalue weighted by atomic mass is 79.9. The van der Waals surface area contributed by atoms with E-state index in [2.05, 4.69) is 53.4 Å². The van der Waals surface area contributed by atoms with Crippen LogP contribution in [0.1, 0.15) is 36.4 Å². The highest BCUT2D eigenvalue weighted by Crippen LogP contribution is 2.44. The number of ether oxygens (including phenoxy) is 1. The quantitative estimate of drug-likeness (QED) is 0.856. The maximum atomic E-state index is 6.18. The smallest absolute Gasteiger partial charge is 0.0783 e. The van der Waals surface area contributed by atoms with Crippen LogP contribution < -0.4 is 5.32 Å². The van der Waals surface area contributed by atoms with E-state index >= 15 is 0 Å². The first-order valence-corrected chi connectivity index (χ1v) is 9.73. The van der Waals surface area contributed by atoms with Crippen molar-refractivity contribution in [3.8, 4) is 0 Å². The van der Waals surface area contributed by atoms with Crippen LogP contribution in [0, 0.1) is 12.8 Å². The third kappa shape index (κ3) is 3.49. The van der Waals surface area contributed by atoms with Crippen molar-refractivity contribution in [2.45, 2.75) is 37.8 Å². The molecule has 3 atom stereocenters. The molecule has 2 saturated heterocycles. The van der Waals surface area contributed by atoms with Crippen LogP contribution in [0.25, 0.3) is 0 Å².